The predicted octanol–water partition coefficient (Wildman–Crippen LogP) is 4.31. The molecule has 0 unspecified atom stereocenters. The number of fused-ring (bicyclic) bond motifs is 1. The Hall–Kier alpha value is -3.77. The topological polar surface area (TPSA) is 105 Å². The molecule has 1 aromatic carbocycles. The minimum absolute atomic E-state index is 0.124. The van der Waals surface area contributed by atoms with Crippen LogP contribution in [0.15, 0.2) is 35.8 Å². The molecule has 3 heterocycles. The van der Waals surface area contributed by atoms with Crippen LogP contribution in [0.5, 0.6) is 5.75 Å². The van der Waals surface area contributed by atoms with Gasteiger partial charge in [0.1, 0.15) is 17.4 Å². The summed E-state index contributed by atoms with van der Waals surface area (Å²) in [4.78, 5) is 21.7. The molecular weight excluding hydrogens is 424 g/mol. The number of thiazole rings is 1. The van der Waals surface area contributed by atoms with E-state index < -0.39 is 0 Å². The molecule has 0 saturated carbocycles. The van der Waals surface area contributed by atoms with E-state index in [1.54, 1.807) is 4.52 Å². The van der Waals surface area contributed by atoms with E-state index in [2.05, 4.69) is 26.5 Å². The maximum atomic E-state index is 12.6. The van der Waals surface area contributed by atoms with Gasteiger partial charge >= 0.3 is 0 Å². The first-order chi connectivity index (χ1) is 15.5. The lowest BCUT2D eigenvalue weighted by atomic mass is 10.1. The summed E-state index contributed by atoms with van der Waals surface area (Å²) in [6.45, 7) is 6.32. The van der Waals surface area contributed by atoms with Crippen LogP contribution in [0.3, 0.4) is 0 Å². The molecule has 32 heavy (non-hydrogen) atoms. The Balaban J connectivity index is 1.45. The van der Waals surface area contributed by atoms with E-state index in [1.165, 1.54) is 17.5 Å². The van der Waals surface area contributed by atoms with Crippen molar-refractivity contribution in [3.05, 3.63) is 58.4 Å². The zero-order valence-corrected chi connectivity index (χ0v) is 18.9. The van der Waals surface area contributed by atoms with Crippen molar-refractivity contribution in [1.82, 2.24) is 19.6 Å². The first kappa shape index (κ1) is 21.5. The normalized spacial score (nSPS) is 10.8. The number of aromatic nitrogens is 4. The summed E-state index contributed by atoms with van der Waals surface area (Å²) in [6, 6.07) is 9.82. The maximum Gasteiger partial charge on any atom is 0.226 e. The van der Waals surface area contributed by atoms with Crippen LogP contribution in [0.4, 0.5) is 5.13 Å². The van der Waals surface area contributed by atoms with Gasteiger partial charge in [-0.1, -0.05) is 12.1 Å². The van der Waals surface area contributed by atoms with Gasteiger partial charge in [0.25, 0.3) is 0 Å². The van der Waals surface area contributed by atoms with E-state index in [-0.39, 0.29) is 12.3 Å². The minimum atomic E-state index is -0.124. The first-order valence-corrected chi connectivity index (χ1v) is 11.1. The second kappa shape index (κ2) is 9.16. The molecule has 0 radical (unpaired) electrons. The van der Waals surface area contributed by atoms with Gasteiger partial charge in [-0.25, -0.2) is 14.5 Å². The standard InChI is InChI=1S/C23H22N6O2S/c1-4-31-20-8-6-5-7-18(20)19-13-32-23(27-19)28-21(30)10-9-17-14(2)26-22-16(11-24)12-25-29(22)15(17)3/h5-8,12-13H,4,9-10H2,1-3H3,(H,27,28,30). The number of carbonyl (C=O) groups is 1. The van der Waals surface area contributed by atoms with Crippen molar-refractivity contribution >= 4 is 28.0 Å². The molecule has 0 fully saturated rings. The van der Waals surface area contributed by atoms with Gasteiger partial charge in [0, 0.05) is 28.8 Å². The van der Waals surface area contributed by atoms with Crippen LogP contribution < -0.4 is 10.1 Å². The third-order valence-corrected chi connectivity index (χ3v) is 5.90. The van der Waals surface area contributed by atoms with E-state index in [0.29, 0.717) is 29.4 Å². The Morgan fingerprint density at radius 2 is 2.09 bits per heavy atom. The number of nitriles is 1. The number of hydrogen-bond donors (Lipinski definition) is 1. The molecule has 0 aliphatic heterocycles. The summed E-state index contributed by atoms with van der Waals surface area (Å²) in [5.41, 5.74) is 5.26. The third-order valence-electron chi connectivity index (χ3n) is 5.14. The van der Waals surface area contributed by atoms with Gasteiger partial charge in [0.2, 0.25) is 5.91 Å². The summed E-state index contributed by atoms with van der Waals surface area (Å²) in [7, 11) is 0. The highest BCUT2D eigenvalue weighted by Gasteiger charge is 2.16. The van der Waals surface area contributed by atoms with Crippen molar-refractivity contribution in [1.29, 1.82) is 5.26 Å². The number of aryl methyl sites for hydroxylation is 2. The van der Waals surface area contributed by atoms with Crippen LogP contribution in [0.25, 0.3) is 16.9 Å². The minimum Gasteiger partial charge on any atom is -0.493 e. The fraction of sp³-hybridized carbons (Fsp3) is 0.261. The quantitative estimate of drug-likeness (QED) is 0.453. The summed E-state index contributed by atoms with van der Waals surface area (Å²) in [5.74, 6) is 0.645. The molecule has 1 amide bonds. The van der Waals surface area contributed by atoms with Gasteiger partial charge in [-0.2, -0.15) is 10.4 Å². The molecular formula is C23H22N6O2S. The van der Waals surface area contributed by atoms with E-state index >= 15 is 0 Å². The van der Waals surface area contributed by atoms with Crippen LogP contribution in [-0.2, 0) is 11.2 Å². The van der Waals surface area contributed by atoms with Gasteiger partial charge < -0.3 is 10.1 Å². The van der Waals surface area contributed by atoms with Gasteiger partial charge in [0.15, 0.2) is 10.8 Å². The van der Waals surface area contributed by atoms with Crippen LogP contribution in [0.2, 0.25) is 0 Å². The number of hydrogen-bond acceptors (Lipinski definition) is 7. The van der Waals surface area contributed by atoms with Gasteiger partial charge in [-0.15, -0.1) is 11.3 Å². The Morgan fingerprint density at radius 1 is 1.28 bits per heavy atom. The smallest absolute Gasteiger partial charge is 0.226 e. The molecule has 162 valence electrons. The van der Waals surface area contributed by atoms with Crippen molar-refractivity contribution in [2.75, 3.05) is 11.9 Å². The fourth-order valence-corrected chi connectivity index (χ4v) is 4.31. The average Bonchev–Trinajstić information content (AvgIpc) is 3.41. The Kier molecular flexibility index (Phi) is 6.14. The van der Waals surface area contributed by atoms with E-state index in [9.17, 15) is 10.1 Å². The van der Waals surface area contributed by atoms with Crippen LogP contribution in [-0.4, -0.2) is 32.1 Å². The molecule has 4 aromatic rings. The molecule has 9 heteroatoms. The number of benzene rings is 1. The molecule has 0 saturated heterocycles. The highest BCUT2D eigenvalue weighted by atomic mass is 32.1. The molecule has 0 bridgehead atoms. The lowest BCUT2D eigenvalue weighted by molar-refractivity contribution is -0.116. The summed E-state index contributed by atoms with van der Waals surface area (Å²) < 4.78 is 7.33. The number of nitrogens with zero attached hydrogens (tertiary/aromatic N) is 5. The molecule has 0 atom stereocenters. The van der Waals surface area contributed by atoms with Crippen molar-refractivity contribution in [2.45, 2.75) is 33.6 Å². The molecule has 0 aliphatic rings. The number of rotatable bonds is 7. The molecule has 0 spiro atoms. The Bertz CT molecular complexity index is 1330. The zero-order valence-electron chi connectivity index (χ0n) is 18.0. The second-order valence-corrected chi connectivity index (χ2v) is 8.04. The van der Waals surface area contributed by atoms with Crippen molar-refractivity contribution in [3.63, 3.8) is 0 Å². The van der Waals surface area contributed by atoms with Crippen LogP contribution >= 0.6 is 11.3 Å². The van der Waals surface area contributed by atoms with E-state index in [4.69, 9.17) is 4.74 Å². The highest BCUT2D eigenvalue weighted by molar-refractivity contribution is 7.14. The van der Waals surface area contributed by atoms with Crippen LogP contribution in [0, 0.1) is 25.2 Å². The monoisotopic (exact) mass is 446 g/mol. The van der Waals surface area contributed by atoms with Gasteiger partial charge in [-0.05, 0) is 44.9 Å². The molecule has 3 aromatic heterocycles. The largest absolute Gasteiger partial charge is 0.493 e. The maximum absolute atomic E-state index is 12.6. The molecule has 4 rings (SSSR count). The third kappa shape index (κ3) is 4.18. The van der Waals surface area contributed by atoms with Crippen molar-refractivity contribution in [2.24, 2.45) is 0 Å². The van der Waals surface area contributed by atoms with E-state index in [0.717, 1.165) is 34.0 Å². The number of anilines is 1. The van der Waals surface area contributed by atoms with Crippen LogP contribution in [0.1, 0.15) is 35.9 Å². The van der Waals surface area contributed by atoms with E-state index in [1.807, 2.05) is 50.4 Å². The van der Waals surface area contributed by atoms with Gasteiger partial charge in [-0.3, -0.25) is 4.79 Å². The predicted molar refractivity (Wildman–Crippen MR) is 123 cm³/mol. The lowest BCUT2D eigenvalue weighted by Crippen LogP contribution is -2.14. The summed E-state index contributed by atoms with van der Waals surface area (Å²) in [6.07, 6.45) is 2.31. The Labute approximate surface area is 189 Å². The zero-order chi connectivity index (χ0) is 22.7. The van der Waals surface area contributed by atoms with Gasteiger partial charge in [0.05, 0.1) is 18.5 Å². The number of carbonyl (C=O) groups excluding carboxylic acids is 1. The van der Waals surface area contributed by atoms with Crippen molar-refractivity contribution in [3.8, 4) is 23.1 Å². The summed E-state index contributed by atoms with van der Waals surface area (Å²) in [5, 5.41) is 18.8. The number of para-hydroxylation sites is 1. The average molecular weight is 447 g/mol. The molecule has 1 N–H and O–H groups in total. The SMILES string of the molecule is CCOc1ccccc1-c1csc(NC(=O)CCc2c(C)nc3c(C#N)cnn3c2C)n1. The summed E-state index contributed by atoms with van der Waals surface area (Å²) >= 11 is 1.38. The lowest BCUT2D eigenvalue weighted by Gasteiger charge is -2.11. The first-order valence-electron chi connectivity index (χ1n) is 10.2. The fourth-order valence-electron chi connectivity index (χ4n) is 3.59. The Morgan fingerprint density at radius 3 is 2.88 bits per heavy atom. The molecule has 0 aliphatic carbocycles. The number of ether oxygens (including phenoxy) is 1. The molecule has 8 nitrogen and oxygen atoms in total. The second-order valence-electron chi connectivity index (χ2n) is 7.18. The highest BCUT2D eigenvalue weighted by Crippen LogP contribution is 2.32. The van der Waals surface area contributed by atoms with Crippen molar-refractivity contribution < 1.29 is 9.53 Å². The number of nitrogens with one attached hydrogen (secondary N) is 1. The number of amides is 1.